The van der Waals surface area contributed by atoms with Crippen LogP contribution in [0.3, 0.4) is 0 Å². The van der Waals surface area contributed by atoms with Crippen LogP contribution in [0.2, 0.25) is 0 Å². The van der Waals surface area contributed by atoms with Gasteiger partial charge in [-0.15, -0.1) is 0 Å². The lowest BCUT2D eigenvalue weighted by atomic mass is 10.1. The molecule has 7 nitrogen and oxygen atoms in total. The molecule has 0 bridgehead atoms. The topological polar surface area (TPSA) is 84.3 Å². The van der Waals surface area contributed by atoms with Gasteiger partial charge in [-0.3, -0.25) is 4.79 Å². The number of carbonyl (C=O) groups excluding carboxylic acids is 1. The van der Waals surface area contributed by atoms with Crippen molar-refractivity contribution in [2.75, 3.05) is 19.3 Å². The molecule has 150 valence electrons. The van der Waals surface area contributed by atoms with Crippen LogP contribution >= 0.6 is 0 Å². The Labute approximate surface area is 163 Å². The van der Waals surface area contributed by atoms with Crippen LogP contribution in [0.25, 0.3) is 5.69 Å². The first-order valence-corrected chi connectivity index (χ1v) is 11.3. The van der Waals surface area contributed by atoms with Crippen LogP contribution in [-0.4, -0.2) is 54.4 Å². The molecule has 1 aliphatic heterocycles. The number of sulfonamides is 1. The quantitative estimate of drug-likeness (QED) is 0.837. The lowest BCUT2D eigenvalue weighted by Crippen LogP contribution is -2.46. The Bertz CT molecular complexity index is 1010. The second-order valence-corrected chi connectivity index (χ2v) is 9.23. The number of aromatic nitrogens is 2. The fraction of sp³-hybridized carbons (Fsp3) is 0.474. The van der Waals surface area contributed by atoms with E-state index in [0.29, 0.717) is 37.3 Å². The zero-order chi connectivity index (χ0) is 19.9. The number of hydrogen-bond donors (Lipinski definition) is 1. The highest BCUT2D eigenvalue weighted by atomic mass is 32.2. The van der Waals surface area contributed by atoms with Crippen molar-refractivity contribution in [3.05, 3.63) is 47.0 Å². The molecule has 4 rings (SSSR count). The highest BCUT2D eigenvalue weighted by molar-refractivity contribution is 7.88. The third kappa shape index (κ3) is 3.68. The second kappa shape index (κ2) is 7.29. The first kappa shape index (κ1) is 19.1. The van der Waals surface area contributed by atoms with Crippen molar-refractivity contribution >= 4 is 15.9 Å². The Hall–Kier alpha value is -2.26. The Morgan fingerprint density at radius 3 is 2.61 bits per heavy atom. The van der Waals surface area contributed by atoms with Gasteiger partial charge in [-0.2, -0.15) is 5.10 Å². The van der Waals surface area contributed by atoms with Crippen LogP contribution in [-0.2, 0) is 22.9 Å². The minimum atomic E-state index is -3.26. The molecule has 0 unspecified atom stereocenters. The van der Waals surface area contributed by atoms with Crippen molar-refractivity contribution in [2.45, 2.75) is 38.1 Å². The van der Waals surface area contributed by atoms with Crippen molar-refractivity contribution in [3.8, 4) is 5.69 Å². The average molecular weight is 406 g/mol. The number of fused-ring (bicyclic) bond motifs is 1. The smallest absolute Gasteiger partial charge is 0.274 e. The molecule has 2 aliphatic rings. The number of halogens is 1. The van der Waals surface area contributed by atoms with Gasteiger partial charge in [0.05, 0.1) is 6.26 Å². The molecule has 1 amide bonds. The van der Waals surface area contributed by atoms with Crippen LogP contribution in [0.4, 0.5) is 4.39 Å². The van der Waals surface area contributed by atoms with E-state index < -0.39 is 10.0 Å². The van der Waals surface area contributed by atoms with Crippen molar-refractivity contribution in [1.82, 2.24) is 19.4 Å². The Balaban J connectivity index is 1.57. The van der Waals surface area contributed by atoms with E-state index in [2.05, 4.69) is 9.82 Å². The molecular formula is C19H23FN4O3S. The Kier molecular flexibility index (Phi) is 4.96. The number of nitrogens with one attached hydrogen (secondary N) is 1. The number of benzene rings is 1. The third-order valence-corrected chi connectivity index (χ3v) is 6.14. The standard InChI is InChI=1S/C19H23FN4O3S/c1-28(26,27)22-13-9-11-23(12-10-13)19(25)18-14-5-4-8-16(14)24(21-18)17-7-3-2-6-15(17)20/h2-3,6-7,13,22H,4-5,8-12H2,1H3. The Morgan fingerprint density at radius 1 is 1.21 bits per heavy atom. The van der Waals surface area contributed by atoms with Gasteiger partial charge < -0.3 is 4.90 Å². The average Bonchev–Trinajstić information content (AvgIpc) is 3.24. The van der Waals surface area contributed by atoms with E-state index in [9.17, 15) is 17.6 Å². The number of carbonyl (C=O) groups is 1. The number of para-hydroxylation sites is 1. The minimum absolute atomic E-state index is 0.152. The van der Waals surface area contributed by atoms with Gasteiger partial charge in [0.2, 0.25) is 10.0 Å². The normalized spacial score (nSPS) is 17.7. The van der Waals surface area contributed by atoms with Crippen LogP contribution in [0.5, 0.6) is 0 Å². The zero-order valence-corrected chi connectivity index (χ0v) is 16.5. The predicted octanol–water partition coefficient (Wildman–Crippen LogP) is 1.65. The number of amides is 1. The number of nitrogens with zero attached hydrogens (tertiary/aromatic N) is 3. The van der Waals surface area contributed by atoms with Gasteiger partial charge in [0.1, 0.15) is 11.5 Å². The SMILES string of the molecule is CS(=O)(=O)NC1CCN(C(=O)c2nn(-c3ccccc3F)c3c2CCC3)CC1. The van der Waals surface area contributed by atoms with Crippen molar-refractivity contribution in [3.63, 3.8) is 0 Å². The minimum Gasteiger partial charge on any atom is -0.337 e. The van der Waals surface area contributed by atoms with Crippen molar-refractivity contribution < 1.29 is 17.6 Å². The van der Waals surface area contributed by atoms with E-state index in [-0.39, 0.29) is 17.8 Å². The van der Waals surface area contributed by atoms with E-state index in [1.807, 2.05) is 0 Å². The van der Waals surface area contributed by atoms with Crippen molar-refractivity contribution in [2.24, 2.45) is 0 Å². The molecule has 1 aliphatic carbocycles. The van der Waals surface area contributed by atoms with Gasteiger partial charge >= 0.3 is 0 Å². The first-order chi connectivity index (χ1) is 13.3. The van der Waals surface area contributed by atoms with Gasteiger partial charge in [-0.25, -0.2) is 22.2 Å². The summed E-state index contributed by atoms with van der Waals surface area (Å²) < 4.78 is 41.2. The summed E-state index contributed by atoms with van der Waals surface area (Å²) in [6, 6.07) is 6.28. The summed E-state index contributed by atoms with van der Waals surface area (Å²) in [6.45, 7) is 0.931. The Morgan fingerprint density at radius 2 is 1.93 bits per heavy atom. The molecule has 1 aromatic heterocycles. The molecule has 1 saturated heterocycles. The van der Waals surface area contributed by atoms with E-state index in [1.54, 1.807) is 27.8 Å². The molecule has 0 radical (unpaired) electrons. The van der Waals surface area contributed by atoms with Crippen molar-refractivity contribution in [1.29, 1.82) is 0 Å². The van der Waals surface area contributed by atoms with E-state index in [4.69, 9.17) is 0 Å². The highest BCUT2D eigenvalue weighted by Gasteiger charge is 2.32. The number of piperidine rings is 1. The number of likely N-dealkylation sites (tertiary alicyclic amines) is 1. The first-order valence-electron chi connectivity index (χ1n) is 9.46. The second-order valence-electron chi connectivity index (χ2n) is 7.45. The molecule has 0 saturated carbocycles. The third-order valence-electron chi connectivity index (χ3n) is 5.38. The molecule has 28 heavy (non-hydrogen) atoms. The summed E-state index contributed by atoms with van der Waals surface area (Å²) in [7, 11) is -3.26. The molecule has 0 atom stereocenters. The summed E-state index contributed by atoms with van der Waals surface area (Å²) in [5.41, 5.74) is 2.56. The summed E-state index contributed by atoms with van der Waals surface area (Å²) in [5.74, 6) is -0.530. The maximum atomic E-state index is 14.3. The van der Waals surface area contributed by atoms with Gasteiger partial charge in [0, 0.05) is 30.4 Å². The zero-order valence-electron chi connectivity index (χ0n) is 15.7. The fourth-order valence-corrected chi connectivity index (χ4v) is 4.93. The van der Waals surface area contributed by atoms with Crippen LogP contribution in [0.15, 0.2) is 24.3 Å². The summed E-state index contributed by atoms with van der Waals surface area (Å²) in [6.07, 6.45) is 4.72. The van der Waals surface area contributed by atoms with E-state index >= 15 is 0 Å². The van der Waals surface area contributed by atoms with Gasteiger partial charge in [-0.1, -0.05) is 12.1 Å². The number of hydrogen-bond acceptors (Lipinski definition) is 4. The maximum Gasteiger partial charge on any atom is 0.274 e. The molecule has 1 N–H and O–H groups in total. The fourth-order valence-electron chi connectivity index (χ4n) is 4.08. The van der Waals surface area contributed by atoms with Gasteiger partial charge in [0.25, 0.3) is 5.91 Å². The molecule has 2 heterocycles. The van der Waals surface area contributed by atoms with Crippen LogP contribution < -0.4 is 4.72 Å². The monoisotopic (exact) mass is 406 g/mol. The molecule has 0 spiro atoms. The van der Waals surface area contributed by atoms with Crippen LogP contribution in [0, 0.1) is 5.82 Å². The van der Waals surface area contributed by atoms with Gasteiger partial charge in [-0.05, 0) is 44.2 Å². The molecular weight excluding hydrogens is 383 g/mol. The number of rotatable bonds is 4. The van der Waals surface area contributed by atoms with E-state index in [0.717, 1.165) is 36.8 Å². The summed E-state index contributed by atoms with van der Waals surface area (Å²) >= 11 is 0. The largest absolute Gasteiger partial charge is 0.337 e. The molecule has 1 fully saturated rings. The predicted molar refractivity (Wildman–Crippen MR) is 102 cm³/mol. The lowest BCUT2D eigenvalue weighted by Gasteiger charge is -2.31. The van der Waals surface area contributed by atoms with Gasteiger partial charge in [0.15, 0.2) is 5.69 Å². The summed E-state index contributed by atoms with van der Waals surface area (Å²) in [4.78, 5) is 14.8. The van der Waals surface area contributed by atoms with E-state index in [1.165, 1.54) is 6.07 Å². The highest BCUT2D eigenvalue weighted by Crippen LogP contribution is 2.30. The molecule has 2 aromatic rings. The van der Waals surface area contributed by atoms with Crippen LogP contribution in [0.1, 0.15) is 41.0 Å². The lowest BCUT2D eigenvalue weighted by molar-refractivity contribution is 0.0704. The molecule has 1 aromatic carbocycles. The summed E-state index contributed by atoms with van der Waals surface area (Å²) in [5, 5.41) is 4.49. The maximum absolute atomic E-state index is 14.3. The molecule has 9 heteroatoms.